The highest BCUT2D eigenvalue weighted by atomic mass is 16.6. The number of likely N-dealkylation sites (N-methyl/N-ethyl adjacent to an activating group) is 2. The van der Waals surface area contributed by atoms with E-state index < -0.39 is 173 Å². The molecule has 102 heavy (non-hydrogen) atoms. The molecule has 0 aromatic heterocycles. The quantitative estimate of drug-likeness (QED) is 0.0210. The highest BCUT2D eigenvalue weighted by Gasteiger charge is 2.79. The van der Waals surface area contributed by atoms with Crippen LogP contribution in [0.5, 0.6) is 0 Å². The van der Waals surface area contributed by atoms with Crippen LogP contribution in [0.4, 0.5) is 24.9 Å². The fourth-order valence-corrected chi connectivity index (χ4v) is 13.7. The van der Waals surface area contributed by atoms with Gasteiger partial charge in [0.25, 0.3) is 0 Å². The van der Waals surface area contributed by atoms with Gasteiger partial charge in [0.05, 0.1) is 29.5 Å². The lowest BCUT2D eigenvalue weighted by Crippen LogP contribution is -2.82. The number of hydrogen-bond donors (Lipinski definition) is 9. The van der Waals surface area contributed by atoms with E-state index >= 15 is 4.79 Å². The van der Waals surface area contributed by atoms with E-state index in [4.69, 9.17) is 38.9 Å². The van der Waals surface area contributed by atoms with Crippen LogP contribution in [0.2, 0.25) is 0 Å². The number of urea groups is 1. The highest BCUT2D eigenvalue weighted by Crippen LogP contribution is 2.65. The van der Waals surface area contributed by atoms with Crippen molar-refractivity contribution in [2.24, 2.45) is 28.4 Å². The molecule has 1 heterocycles. The Kier molecular flexibility index (Phi) is 25.9. The number of Topliss-reactive ketones (excluding diaryl/α,β-unsaturated/α-hetero) is 2. The Morgan fingerprint density at radius 3 is 1.98 bits per heavy atom. The molecule has 1 aliphatic heterocycles. The molecule has 556 valence electrons. The van der Waals surface area contributed by atoms with Gasteiger partial charge in [-0.2, -0.15) is 0 Å². The Morgan fingerprint density at radius 2 is 1.41 bits per heavy atom. The molecule has 30 nitrogen and oxygen atoms in total. The number of primary amides is 1. The number of amides is 8. The molecule has 0 radical (unpaired) electrons. The smallest absolute Gasteiger partial charge is 0.409 e. The van der Waals surface area contributed by atoms with Gasteiger partial charge in [0.2, 0.25) is 17.7 Å². The predicted octanol–water partition coefficient (Wildman–Crippen LogP) is 4.99. The summed E-state index contributed by atoms with van der Waals surface area (Å²) in [5.41, 5.74) is -3.47. The number of nitrogens with two attached hydrogens (primary N) is 1. The summed E-state index contributed by atoms with van der Waals surface area (Å²) >= 11 is 0. The van der Waals surface area contributed by atoms with Gasteiger partial charge < -0.3 is 95.4 Å². The van der Waals surface area contributed by atoms with Crippen molar-refractivity contribution in [3.8, 4) is 0 Å². The van der Waals surface area contributed by atoms with Crippen LogP contribution < -0.4 is 32.3 Å². The molecule has 7 rings (SSSR count). The predicted molar refractivity (Wildman–Crippen MR) is 364 cm³/mol. The Labute approximate surface area is 591 Å². The summed E-state index contributed by atoms with van der Waals surface area (Å²) in [5, 5.41) is 51.8. The average molecular weight is 1430 g/mol. The lowest BCUT2D eigenvalue weighted by Gasteiger charge is -2.67. The zero-order chi connectivity index (χ0) is 75.6. The number of anilines is 1. The summed E-state index contributed by atoms with van der Waals surface area (Å²) in [4.78, 5) is 165. The lowest BCUT2D eigenvalue weighted by atomic mass is 9.44. The molecule has 3 aromatic carbocycles. The maximum atomic E-state index is 16.0. The number of alkyl carbamates (subject to hydrolysis) is 1. The molecule has 4 aliphatic rings. The topological polar surface area (TPSA) is 423 Å². The molecule has 2 saturated carbocycles. The minimum Gasteiger partial charge on any atom is -0.456 e. The Hall–Kier alpha value is -9.52. The standard InChI is InChI=1S/C72H96N8O22/c1-39(2)53(77-51(83)31-26-40(3)81)61(88)76-47(25-20-32-74-64(73)91)60(87)75-46-29-27-43(28-30-46)37-96-66(93)79(12)33-34-80(13)67(94)99-49-35-50-71(38-97-50,101-42(5)82)57-59(100-62(89)45-23-18-15-19-24-45)72(95)36-48(41(4)52(69(72,9)10)55(84)58(86)70(49,57)11)98-63(90)56(85)54(44-21-16-14-17-22-44)78-65(92)102-68(6,7)8/h14-19,21-24,27-30,39,47-50,53-57,59,84-85,95H,20,25-26,31-38H2,1-13H3,(H,75,87)(H,76,88)(H,77,83)(H,78,92)(H3,73,74,91)/t47-,48-,49-,50+,53-,54-,55+,56+,57-,59-,70+,71-,72+/m0/s1. The van der Waals surface area contributed by atoms with E-state index in [-0.39, 0.29) is 86.4 Å². The van der Waals surface area contributed by atoms with Gasteiger partial charge >= 0.3 is 42.2 Å². The van der Waals surface area contributed by atoms with Crippen LogP contribution in [-0.4, -0.2) is 202 Å². The second-order valence-electron chi connectivity index (χ2n) is 28.5. The molecule has 3 fully saturated rings. The third kappa shape index (κ3) is 18.4. The molecule has 3 aromatic rings. The second-order valence-corrected chi connectivity index (χ2v) is 28.5. The molecule has 1 saturated heterocycles. The number of aliphatic hydroxyl groups is 3. The van der Waals surface area contributed by atoms with Gasteiger partial charge in [-0.1, -0.05) is 88.4 Å². The molecule has 8 amide bonds. The number of fused-ring (bicyclic) bond motifs is 5. The van der Waals surface area contributed by atoms with Gasteiger partial charge in [0.15, 0.2) is 17.5 Å². The molecular formula is C72H96N8O22. The van der Waals surface area contributed by atoms with Crippen molar-refractivity contribution in [1.82, 2.24) is 31.1 Å². The number of ketones is 2. The van der Waals surface area contributed by atoms with Crippen LogP contribution in [0.15, 0.2) is 96.1 Å². The molecule has 10 N–H and O–H groups in total. The van der Waals surface area contributed by atoms with E-state index in [2.05, 4.69) is 26.6 Å². The van der Waals surface area contributed by atoms with Crippen LogP contribution in [-0.2, 0) is 73.3 Å². The van der Waals surface area contributed by atoms with Crippen molar-refractivity contribution in [2.45, 2.75) is 193 Å². The number of aliphatic hydroxyl groups excluding tert-OH is 2. The van der Waals surface area contributed by atoms with E-state index in [0.29, 0.717) is 11.3 Å². The Morgan fingerprint density at radius 1 is 0.794 bits per heavy atom. The number of benzene rings is 3. The van der Waals surface area contributed by atoms with Gasteiger partial charge in [-0.3, -0.25) is 24.0 Å². The van der Waals surface area contributed by atoms with E-state index in [1.807, 2.05) is 0 Å². The summed E-state index contributed by atoms with van der Waals surface area (Å²) in [7, 11) is 2.76. The number of carbonyl (C=O) groups excluding carboxylic acids is 12. The van der Waals surface area contributed by atoms with E-state index in [1.165, 1.54) is 77.9 Å². The largest absolute Gasteiger partial charge is 0.456 e. The first-order chi connectivity index (χ1) is 47.8. The number of nitrogens with zero attached hydrogens (tertiary/aromatic N) is 2. The van der Waals surface area contributed by atoms with Gasteiger partial charge in [-0.05, 0) is 107 Å². The molecule has 30 heteroatoms. The van der Waals surface area contributed by atoms with Crippen molar-refractivity contribution < 1.29 is 106 Å². The van der Waals surface area contributed by atoms with E-state index in [9.17, 15) is 68.1 Å². The molecule has 0 spiro atoms. The lowest BCUT2D eigenvalue weighted by molar-refractivity contribution is -0.345. The van der Waals surface area contributed by atoms with Crippen LogP contribution in [0.1, 0.15) is 142 Å². The van der Waals surface area contributed by atoms with Gasteiger partial charge in [-0.25, -0.2) is 28.8 Å². The number of ether oxygens (including phenoxy) is 7. The number of rotatable bonds is 27. The maximum Gasteiger partial charge on any atom is 0.409 e. The minimum atomic E-state index is -2.55. The number of esters is 3. The van der Waals surface area contributed by atoms with Gasteiger partial charge in [0, 0.05) is 77.4 Å². The molecular weight excluding hydrogens is 1330 g/mol. The van der Waals surface area contributed by atoms with Crippen molar-refractivity contribution in [2.75, 3.05) is 45.7 Å². The first-order valence-electron chi connectivity index (χ1n) is 33.7. The van der Waals surface area contributed by atoms with Crippen molar-refractivity contribution in [1.29, 1.82) is 0 Å². The normalized spacial score (nSPS) is 24.4. The third-order valence-electron chi connectivity index (χ3n) is 19.3. The third-order valence-corrected chi connectivity index (χ3v) is 19.3. The van der Waals surface area contributed by atoms with Crippen molar-refractivity contribution in [3.05, 3.63) is 113 Å². The van der Waals surface area contributed by atoms with Crippen molar-refractivity contribution in [3.63, 3.8) is 0 Å². The maximum absolute atomic E-state index is 16.0. The summed E-state index contributed by atoms with van der Waals surface area (Å²) in [6.07, 6.45) is -14.6. The monoisotopic (exact) mass is 1420 g/mol. The van der Waals surface area contributed by atoms with E-state index in [1.54, 1.807) is 95.3 Å². The summed E-state index contributed by atoms with van der Waals surface area (Å²) < 4.78 is 42.3. The number of hydrogen-bond acceptors (Lipinski definition) is 22. The fourth-order valence-electron chi connectivity index (χ4n) is 13.7. The van der Waals surface area contributed by atoms with Crippen LogP contribution in [0, 0.1) is 22.7 Å². The van der Waals surface area contributed by atoms with E-state index in [0.717, 1.165) is 11.8 Å². The summed E-state index contributed by atoms with van der Waals surface area (Å²) in [5.74, 6) is -8.43. The Bertz CT molecular complexity index is 3640. The first-order valence-corrected chi connectivity index (χ1v) is 33.7. The number of carbonyl (C=O) groups is 12. The Balaban J connectivity index is 1.10. The van der Waals surface area contributed by atoms with Crippen LogP contribution in [0.25, 0.3) is 0 Å². The molecule has 2 bridgehead atoms. The number of nitrogens with one attached hydrogen (secondary N) is 5. The van der Waals surface area contributed by atoms with Gasteiger partial charge in [-0.15, -0.1) is 0 Å². The average Bonchev–Trinajstić information content (AvgIpc) is 0.669. The van der Waals surface area contributed by atoms with Crippen molar-refractivity contribution >= 4 is 77.2 Å². The highest BCUT2D eigenvalue weighted by molar-refractivity contribution is 5.99. The summed E-state index contributed by atoms with van der Waals surface area (Å²) in [6.45, 7) is 15.5. The minimum absolute atomic E-state index is 0.0155. The van der Waals surface area contributed by atoms with Gasteiger partial charge in [0.1, 0.15) is 66.2 Å². The zero-order valence-corrected chi connectivity index (χ0v) is 59.8. The molecule has 3 aliphatic carbocycles. The second kappa shape index (κ2) is 33.1. The zero-order valence-electron chi connectivity index (χ0n) is 59.8. The molecule has 13 atom stereocenters. The first kappa shape index (κ1) is 79.8. The van der Waals surface area contributed by atoms with Crippen LogP contribution in [0.3, 0.4) is 0 Å². The summed E-state index contributed by atoms with van der Waals surface area (Å²) in [6, 6.07) is 17.4. The SMILES string of the molecule is CC(=O)CCC(=O)N[C@H](C(=O)N[C@@H](CCCNC(N)=O)C(=O)Nc1ccc(COC(=O)N(C)CCN(C)C(=O)O[C@H]2C[C@H]3OC[C@@]3(OC(C)=O)[C@H]3[C@H](OC(=O)c4ccccc4)[C@]4(O)C[C@H](OC(=O)[C@H](O)[C@@H](NC(=O)OC(C)(C)C)c5ccccc5)C(C)=C([C@@H](O)C(=O)[C@]23C)C4(C)C)cc1)C(C)C. The fraction of sp³-hybridized carbons (Fsp3) is 0.556. The van der Waals surface area contributed by atoms with Crippen LogP contribution >= 0.6 is 0 Å². The molecule has 0 unspecified atom stereocenters.